The molecule has 0 fully saturated rings. The Morgan fingerprint density at radius 3 is 2.57 bits per heavy atom. The molecule has 0 spiro atoms. The van der Waals surface area contributed by atoms with Crippen LogP contribution in [0.15, 0.2) is 48.5 Å². The quantitative estimate of drug-likeness (QED) is 0.825. The average Bonchev–Trinajstić information content (AvgIpc) is 2.53. The highest BCUT2D eigenvalue weighted by molar-refractivity contribution is 6.04. The van der Waals surface area contributed by atoms with Crippen LogP contribution in [0.2, 0.25) is 0 Å². The fourth-order valence-electron chi connectivity index (χ4n) is 1.72. The first kappa shape index (κ1) is 14.3. The van der Waals surface area contributed by atoms with Crippen LogP contribution in [0.5, 0.6) is 0 Å². The Morgan fingerprint density at radius 1 is 1.14 bits per heavy atom. The minimum Gasteiger partial charge on any atom is -0.384 e. The lowest BCUT2D eigenvalue weighted by Crippen LogP contribution is -2.11. The SMILES string of the molecule is N#Cc1cccc(NC(=O)c2ccc(C#CCO)cc2)c1. The number of nitriles is 1. The van der Waals surface area contributed by atoms with Gasteiger partial charge < -0.3 is 10.4 Å². The van der Waals surface area contributed by atoms with Crippen LogP contribution in [0.3, 0.4) is 0 Å². The van der Waals surface area contributed by atoms with Gasteiger partial charge >= 0.3 is 0 Å². The van der Waals surface area contributed by atoms with Crippen molar-refractivity contribution in [3.8, 4) is 17.9 Å². The van der Waals surface area contributed by atoms with Crippen LogP contribution in [-0.4, -0.2) is 17.6 Å². The van der Waals surface area contributed by atoms with Crippen molar-refractivity contribution in [3.63, 3.8) is 0 Å². The Kier molecular flexibility index (Phi) is 4.71. The topological polar surface area (TPSA) is 73.1 Å². The van der Waals surface area contributed by atoms with Crippen molar-refractivity contribution in [3.05, 3.63) is 65.2 Å². The van der Waals surface area contributed by atoms with Gasteiger partial charge in [-0.3, -0.25) is 4.79 Å². The average molecular weight is 276 g/mol. The highest BCUT2D eigenvalue weighted by Crippen LogP contribution is 2.12. The maximum Gasteiger partial charge on any atom is 0.255 e. The van der Waals surface area contributed by atoms with Crippen LogP contribution in [0, 0.1) is 23.2 Å². The van der Waals surface area contributed by atoms with Gasteiger partial charge in [0.2, 0.25) is 0 Å². The molecule has 0 aliphatic carbocycles. The molecule has 2 N–H and O–H groups in total. The van der Waals surface area contributed by atoms with E-state index in [1.165, 1.54) is 0 Å². The summed E-state index contributed by atoms with van der Waals surface area (Å²) in [6.45, 7) is -0.197. The highest BCUT2D eigenvalue weighted by atomic mass is 16.2. The van der Waals surface area contributed by atoms with Crippen LogP contribution < -0.4 is 5.32 Å². The van der Waals surface area contributed by atoms with E-state index in [-0.39, 0.29) is 12.5 Å². The van der Waals surface area contributed by atoms with Gasteiger partial charge in [0.15, 0.2) is 0 Å². The zero-order valence-electron chi connectivity index (χ0n) is 11.1. The number of rotatable bonds is 2. The van der Waals surface area contributed by atoms with Crippen LogP contribution >= 0.6 is 0 Å². The van der Waals surface area contributed by atoms with Gasteiger partial charge in [-0.05, 0) is 42.5 Å². The van der Waals surface area contributed by atoms with Crippen LogP contribution in [-0.2, 0) is 0 Å². The molecule has 1 amide bonds. The molecule has 2 aromatic rings. The normalized spacial score (nSPS) is 9.14. The summed E-state index contributed by atoms with van der Waals surface area (Å²) >= 11 is 0. The first-order valence-electron chi connectivity index (χ1n) is 6.24. The van der Waals surface area contributed by atoms with Crippen LogP contribution in [0.25, 0.3) is 0 Å². The lowest BCUT2D eigenvalue weighted by atomic mass is 10.1. The largest absolute Gasteiger partial charge is 0.384 e. The molecule has 4 nitrogen and oxygen atoms in total. The summed E-state index contributed by atoms with van der Waals surface area (Å²) in [6.07, 6.45) is 0. The third-order valence-corrected chi connectivity index (χ3v) is 2.71. The number of anilines is 1. The molecule has 0 heterocycles. The number of carbonyl (C=O) groups is 1. The molecule has 0 aromatic heterocycles. The Bertz CT molecular complexity index is 747. The second-order valence-electron chi connectivity index (χ2n) is 4.18. The molecule has 0 saturated carbocycles. The maximum absolute atomic E-state index is 12.1. The number of aliphatic hydroxyl groups excluding tert-OH is 1. The summed E-state index contributed by atoms with van der Waals surface area (Å²) in [7, 11) is 0. The van der Waals surface area contributed by atoms with E-state index in [1.807, 2.05) is 6.07 Å². The second-order valence-corrected chi connectivity index (χ2v) is 4.18. The predicted molar refractivity (Wildman–Crippen MR) is 79.5 cm³/mol. The molecular formula is C17H12N2O2. The molecular weight excluding hydrogens is 264 g/mol. The molecule has 2 aromatic carbocycles. The lowest BCUT2D eigenvalue weighted by molar-refractivity contribution is 0.102. The highest BCUT2D eigenvalue weighted by Gasteiger charge is 2.06. The van der Waals surface area contributed by atoms with Gasteiger partial charge in [0.1, 0.15) is 6.61 Å². The van der Waals surface area contributed by atoms with Crippen molar-refractivity contribution < 1.29 is 9.90 Å². The first-order chi connectivity index (χ1) is 10.2. The predicted octanol–water partition coefficient (Wildman–Crippen LogP) is 2.15. The molecule has 0 saturated heterocycles. The van der Waals surface area contributed by atoms with Crippen molar-refractivity contribution in [2.45, 2.75) is 0 Å². The van der Waals surface area contributed by atoms with E-state index in [0.29, 0.717) is 16.8 Å². The van der Waals surface area contributed by atoms with Crippen molar-refractivity contribution in [2.75, 3.05) is 11.9 Å². The van der Waals surface area contributed by atoms with E-state index < -0.39 is 0 Å². The zero-order chi connectivity index (χ0) is 15.1. The summed E-state index contributed by atoms with van der Waals surface area (Å²) < 4.78 is 0. The number of nitrogens with zero attached hydrogens (tertiary/aromatic N) is 1. The van der Waals surface area contributed by atoms with E-state index in [1.54, 1.807) is 48.5 Å². The summed E-state index contributed by atoms with van der Waals surface area (Å²) in [4.78, 5) is 12.1. The molecule has 0 radical (unpaired) electrons. The number of nitrogens with one attached hydrogen (secondary N) is 1. The summed E-state index contributed by atoms with van der Waals surface area (Å²) in [5.74, 6) is 5.04. The maximum atomic E-state index is 12.1. The Morgan fingerprint density at radius 2 is 1.90 bits per heavy atom. The molecule has 0 atom stereocenters. The third kappa shape index (κ3) is 3.94. The fourth-order valence-corrected chi connectivity index (χ4v) is 1.72. The third-order valence-electron chi connectivity index (χ3n) is 2.71. The zero-order valence-corrected chi connectivity index (χ0v) is 11.1. The number of hydrogen-bond donors (Lipinski definition) is 2. The Balaban J connectivity index is 2.11. The summed E-state index contributed by atoms with van der Waals surface area (Å²) in [6, 6.07) is 15.5. The van der Waals surface area contributed by atoms with E-state index in [2.05, 4.69) is 17.2 Å². The van der Waals surface area contributed by atoms with E-state index in [9.17, 15) is 4.79 Å². The molecule has 0 unspecified atom stereocenters. The number of aliphatic hydroxyl groups is 1. The van der Waals surface area contributed by atoms with Crippen LogP contribution in [0.1, 0.15) is 21.5 Å². The number of benzene rings is 2. The monoisotopic (exact) mass is 276 g/mol. The Hall–Kier alpha value is -3.08. The van der Waals surface area contributed by atoms with Gasteiger partial charge in [-0.1, -0.05) is 17.9 Å². The van der Waals surface area contributed by atoms with Gasteiger partial charge in [-0.15, -0.1) is 0 Å². The molecule has 2 rings (SSSR count). The van der Waals surface area contributed by atoms with Crippen LogP contribution in [0.4, 0.5) is 5.69 Å². The molecule has 4 heteroatoms. The van der Waals surface area contributed by atoms with Gasteiger partial charge in [-0.2, -0.15) is 5.26 Å². The minimum absolute atomic E-state index is 0.197. The summed E-state index contributed by atoms with van der Waals surface area (Å²) in [5, 5.41) is 20.2. The number of hydrogen-bond acceptors (Lipinski definition) is 3. The van der Waals surface area contributed by atoms with E-state index >= 15 is 0 Å². The molecule has 102 valence electrons. The second kappa shape index (κ2) is 6.91. The van der Waals surface area contributed by atoms with E-state index in [4.69, 9.17) is 10.4 Å². The molecule has 21 heavy (non-hydrogen) atoms. The van der Waals surface area contributed by atoms with Gasteiger partial charge in [-0.25, -0.2) is 0 Å². The molecule has 0 aliphatic heterocycles. The molecule has 0 aliphatic rings. The lowest BCUT2D eigenvalue weighted by Gasteiger charge is -2.05. The van der Waals surface area contributed by atoms with Crippen molar-refractivity contribution >= 4 is 11.6 Å². The minimum atomic E-state index is -0.258. The fraction of sp³-hybridized carbons (Fsp3) is 0.0588. The van der Waals surface area contributed by atoms with E-state index in [0.717, 1.165) is 5.56 Å². The smallest absolute Gasteiger partial charge is 0.255 e. The van der Waals surface area contributed by atoms with Gasteiger partial charge in [0.05, 0.1) is 11.6 Å². The molecule has 0 bridgehead atoms. The van der Waals surface area contributed by atoms with Gasteiger partial charge in [0.25, 0.3) is 5.91 Å². The first-order valence-corrected chi connectivity index (χ1v) is 6.24. The van der Waals surface area contributed by atoms with Gasteiger partial charge in [0, 0.05) is 16.8 Å². The standard InChI is InChI=1S/C17H12N2O2/c18-12-14-3-1-5-16(11-14)19-17(21)15-8-6-13(7-9-15)4-2-10-20/h1,3,5-9,11,20H,10H2,(H,19,21). The van der Waals surface area contributed by atoms with Crippen molar-refractivity contribution in [2.24, 2.45) is 0 Å². The number of amides is 1. The summed E-state index contributed by atoms with van der Waals surface area (Å²) in [5.41, 5.74) is 2.28. The van der Waals surface area contributed by atoms with Crippen molar-refractivity contribution in [1.82, 2.24) is 0 Å². The van der Waals surface area contributed by atoms with Crippen molar-refractivity contribution in [1.29, 1.82) is 5.26 Å². The Labute approximate surface area is 122 Å². The number of carbonyl (C=O) groups excluding carboxylic acids is 1.